The normalized spacial score (nSPS) is 10.8. The molecule has 0 unspecified atom stereocenters. The van der Waals surface area contributed by atoms with Crippen LogP contribution in [0.4, 0.5) is 5.69 Å². The van der Waals surface area contributed by atoms with Crippen LogP contribution in [0.1, 0.15) is 21.5 Å². The first-order chi connectivity index (χ1) is 10.0. The smallest absolute Gasteiger partial charge is 0.255 e. The Labute approximate surface area is 123 Å². The van der Waals surface area contributed by atoms with Gasteiger partial charge in [0, 0.05) is 23.7 Å². The highest BCUT2D eigenvalue weighted by molar-refractivity contribution is 6.06. The Morgan fingerprint density at radius 2 is 1.95 bits per heavy atom. The first kappa shape index (κ1) is 13.4. The van der Waals surface area contributed by atoms with Crippen LogP contribution in [0.3, 0.4) is 0 Å². The zero-order valence-electron chi connectivity index (χ0n) is 12.3. The summed E-state index contributed by atoms with van der Waals surface area (Å²) in [5, 5.41) is 8.19. The van der Waals surface area contributed by atoms with E-state index in [9.17, 15) is 4.79 Å². The van der Waals surface area contributed by atoms with E-state index in [1.165, 1.54) is 0 Å². The Kier molecular flexibility index (Phi) is 3.22. The summed E-state index contributed by atoms with van der Waals surface area (Å²) < 4.78 is 1.77. The Morgan fingerprint density at radius 1 is 1.14 bits per heavy atom. The van der Waals surface area contributed by atoms with Gasteiger partial charge in [-0.05, 0) is 43.2 Å². The third kappa shape index (κ3) is 2.52. The number of nitrogens with one attached hydrogen (secondary N) is 1. The first-order valence-electron chi connectivity index (χ1n) is 6.85. The summed E-state index contributed by atoms with van der Waals surface area (Å²) in [7, 11) is 1.87. The van der Waals surface area contributed by atoms with Gasteiger partial charge in [0.2, 0.25) is 0 Å². The molecule has 0 radical (unpaired) electrons. The van der Waals surface area contributed by atoms with Crippen LogP contribution in [0.15, 0.2) is 42.6 Å². The molecule has 1 amide bonds. The van der Waals surface area contributed by atoms with Gasteiger partial charge in [-0.3, -0.25) is 9.48 Å². The molecule has 0 saturated carbocycles. The summed E-state index contributed by atoms with van der Waals surface area (Å²) in [5.41, 5.74) is 4.61. The maximum Gasteiger partial charge on any atom is 0.255 e. The van der Waals surface area contributed by atoms with Crippen molar-refractivity contribution >= 4 is 22.5 Å². The molecule has 21 heavy (non-hydrogen) atoms. The predicted octanol–water partition coefficient (Wildman–Crippen LogP) is 3.44. The molecule has 1 heterocycles. The lowest BCUT2D eigenvalue weighted by Gasteiger charge is -2.09. The van der Waals surface area contributed by atoms with Crippen LogP contribution in [0.5, 0.6) is 0 Å². The van der Waals surface area contributed by atoms with Crippen molar-refractivity contribution in [1.29, 1.82) is 0 Å². The number of anilines is 1. The maximum absolute atomic E-state index is 12.4. The van der Waals surface area contributed by atoms with E-state index < -0.39 is 0 Å². The minimum Gasteiger partial charge on any atom is -0.322 e. The third-order valence-corrected chi connectivity index (χ3v) is 3.65. The Bertz CT molecular complexity index is 833. The lowest BCUT2D eigenvalue weighted by Crippen LogP contribution is -2.13. The van der Waals surface area contributed by atoms with E-state index in [1.807, 2.05) is 57.3 Å². The number of fused-ring (bicyclic) bond motifs is 1. The topological polar surface area (TPSA) is 46.9 Å². The standard InChI is InChI=1S/C17H17N3O/c1-11-4-5-12(2)15(8-11)19-17(21)13-6-7-14-10-18-20(3)16(14)9-13/h4-10H,1-3H3,(H,19,21). The van der Waals surface area contributed by atoms with Gasteiger partial charge < -0.3 is 5.32 Å². The first-order valence-corrected chi connectivity index (χ1v) is 6.85. The van der Waals surface area contributed by atoms with Crippen molar-refractivity contribution in [3.8, 4) is 0 Å². The second-order valence-corrected chi connectivity index (χ2v) is 5.31. The zero-order chi connectivity index (χ0) is 15.0. The SMILES string of the molecule is Cc1ccc(C)c(NC(=O)c2ccc3cnn(C)c3c2)c1. The molecule has 1 N–H and O–H groups in total. The molecule has 3 aromatic rings. The number of aromatic nitrogens is 2. The van der Waals surface area contributed by atoms with Crippen LogP contribution in [0, 0.1) is 13.8 Å². The van der Waals surface area contributed by atoms with Crippen LogP contribution in [0.2, 0.25) is 0 Å². The molecule has 0 saturated heterocycles. The second-order valence-electron chi connectivity index (χ2n) is 5.31. The van der Waals surface area contributed by atoms with Crippen molar-refractivity contribution in [3.63, 3.8) is 0 Å². The van der Waals surface area contributed by atoms with Crippen molar-refractivity contribution in [3.05, 3.63) is 59.3 Å². The molecule has 4 heteroatoms. The summed E-state index contributed by atoms with van der Waals surface area (Å²) >= 11 is 0. The number of carbonyl (C=O) groups excluding carboxylic acids is 1. The van der Waals surface area contributed by atoms with Gasteiger partial charge in [-0.25, -0.2) is 0 Å². The van der Waals surface area contributed by atoms with Crippen molar-refractivity contribution in [2.75, 3.05) is 5.32 Å². The average Bonchev–Trinajstić information content (AvgIpc) is 2.84. The molecule has 4 nitrogen and oxygen atoms in total. The van der Waals surface area contributed by atoms with Crippen LogP contribution < -0.4 is 5.32 Å². The van der Waals surface area contributed by atoms with Crippen molar-refractivity contribution in [2.24, 2.45) is 7.05 Å². The molecule has 3 rings (SSSR count). The highest BCUT2D eigenvalue weighted by Gasteiger charge is 2.10. The molecule has 0 fully saturated rings. The fraction of sp³-hybridized carbons (Fsp3) is 0.176. The van der Waals surface area contributed by atoms with Gasteiger partial charge in [0.05, 0.1) is 11.7 Å². The lowest BCUT2D eigenvalue weighted by molar-refractivity contribution is 0.102. The molecule has 0 atom stereocenters. The summed E-state index contributed by atoms with van der Waals surface area (Å²) in [5.74, 6) is -0.105. The number of benzene rings is 2. The molecule has 1 aromatic heterocycles. The molecule has 0 bridgehead atoms. The number of nitrogens with zero attached hydrogens (tertiary/aromatic N) is 2. The quantitative estimate of drug-likeness (QED) is 0.781. The van der Waals surface area contributed by atoms with Gasteiger partial charge in [0.25, 0.3) is 5.91 Å². The van der Waals surface area contributed by atoms with E-state index in [0.29, 0.717) is 5.56 Å². The molecular weight excluding hydrogens is 262 g/mol. The highest BCUT2D eigenvalue weighted by atomic mass is 16.1. The third-order valence-electron chi connectivity index (χ3n) is 3.65. The van der Waals surface area contributed by atoms with Crippen LogP contribution in [0.25, 0.3) is 10.9 Å². The van der Waals surface area contributed by atoms with E-state index >= 15 is 0 Å². The Hall–Kier alpha value is -2.62. The van der Waals surface area contributed by atoms with E-state index in [2.05, 4.69) is 10.4 Å². The van der Waals surface area contributed by atoms with Gasteiger partial charge in [0.15, 0.2) is 0 Å². The highest BCUT2D eigenvalue weighted by Crippen LogP contribution is 2.19. The van der Waals surface area contributed by atoms with Crippen LogP contribution >= 0.6 is 0 Å². The number of aryl methyl sites for hydroxylation is 3. The van der Waals surface area contributed by atoms with E-state index in [4.69, 9.17) is 0 Å². The van der Waals surface area contributed by atoms with Crippen molar-refractivity contribution < 1.29 is 4.79 Å². The van der Waals surface area contributed by atoms with Gasteiger partial charge in [0.1, 0.15) is 0 Å². The number of rotatable bonds is 2. The van der Waals surface area contributed by atoms with E-state index in [1.54, 1.807) is 10.9 Å². The number of amides is 1. The molecule has 2 aromatic carbocycles. The fourth-order valence-corrected chi connectivity index (χ4v) is 2.35. The van der Waals surface area contributed by atoms with E-state index in [0.717, 1.165) is 27.7 Å². The second kappa shape index (κ2) is 5.05. The van der Waals surface area contributed by atoms with Gasteiger partial charge >= 0.3 is 0 Å². The Balaban J connectivity index is 1.93. The zero-order valence-corrected chi connectivity index (χ0v) is 12.3. The van der Waals surface area contributed by atoms with Crippen molar-refractivity contribution in [2.45, 2.75) is 13.8 Å². The number of carbonyl (C=O) groups is 1. The molecular formula is C17H17N3O. The molecule has 0 aliphatic heterocycles. The summed E-state index contributed by atoms with van der Waals surface area (Å²) in [6.45, 7) is 4.00. The van der Waals surface area contributed by atoms with Gasteiger partial charge in [-0.2, -0.15) is 5.10 Å². The minimum atomic E-state index is -0.105. The molecule has 0 aliphatic carbocycles. The summed E-state index contributed by atoms with van der Waals surface area (Å²) in [4.78, 5) is 12.4. The minimum absolute atomic E-state index is 0.105. The fourth-order valence-electron chi connectivity index (χ4n) is 2.35. The Morgan fingerprint density at radius 3 is 2.76 bits per heavy atom. The lowest BCUT2D eigenvalue weighted by atomic mass is 10.1. The van der Waals surface area contributed by atoms with Crippen LogP contribution in [-0.4, -0.2) is 15.7 Å². The van der Waals surface area contributed by atoms with Gasteiger partial charge in [-0.15, -0.1) is 0 Å². The van der Waals surface area contributed by atoms with Crippen LogP contribution in [-0.2, 0) is 7.05 Å². The summed E-state index contributed by atoms with van der Waals surface area (Å²) in [6.07, 6.45) is 1.79. The van der Waals surface area contributed by atoms with Crippen molar-refractivity contribution in [1.82, 2.24) is 9.78 Å². The maximum atomic E-state index is 12.4. The number of hydrogen-bond donors (Lipinski definition) is 1. The monoisotopic (exact) mass is 279 g/mol. The molecule has 106 valence electrons. The average molecular weight is 279 g/mol. The largest absolute Gasteiger partial charge is 0.322 e. The molecule has 0 aliphatic rings. The number of hydrogen-bond acceptors (Lipinski definition) is 2. The van der Waals surface area contributed by atoms with Gasteiger partial charge in [-0.1, -0.05) is 18.2 Å². The molecule has 0 spiro atoms. The van der Waals surface area contributed by atoms with E-state index in [-0.39, 0.29) is 5.91 Å². The summed E-state index contributed by atoms with van der Waals surface area (Å²) in [6, 6.07) is 11.6. The predicted molar refractivity (Wildman–Crippen MR) is 84.6 cm³/mol.